The molecule has 0 bridgehead atoms. The zero-order valence-corrected chi connectivity index (χ0v) is 14.1. The molecule has 1 aliphatic rings. The standard InChI is InChI=1S/C14H22N4OS.ClH/c1-11(10-20-2)14(19)17-13-4-3-12(9-16-13)18-7-5-15-6-8-18;/h3-4,9,11,15H,5-8,10H2,1-2H3,(H,16,17,19);1H. The van der Waals surface area contributed by atoms with Gasteiger partial charge >= 0.3 is 0 Å². The summed E-state index contributed by atoms with van der Waals surface area (Å²) in [6, 6.07) is 3.90. The van der Waals surface area contributed by atoms with E-state index in [4.69, 9.17) is 0 Å². The van der Waals surface area contributed by atoms with Gasteiger partial charge in [0, 0.05) is 37.8 Å². The molecule has 7 heteroatoms. The van der Waals surface area contributed by atoms with Crippen molar-refractivity contribution in [2.45, 2.75) is 6.92 Å². The Morgan fingerprint density at radius 2 is 2.19 bits per heavy atom. The van der Waals surface area contributed by atoms with Crippen LogP contribution in [0.25, 0.3) is 0 Å². The van der Waals surface area contributed by atoms with Gasteiger partial charge in [-0.15, -0.1) is 12.4 Å². The Hall–Kier alpha value is -0.980. The van der Waals surface area contributed by atoms with Crippen molar-refractivity contribution >= 4 is 41.6 Å². The molecule has 1 atom stereocenters. The van der Waals surface area contributed by atoms with E-state index in [0.29, 0.717) is 5.82 Å². The van der Waals surface area contributed by atoms with E-state index in [1.54, 1.807) is 11.8 Å². The van der Waals surface area contributed by atoms with Crippen molar-refractivity contribution in [2.75, 3.05) is 48.4 Å². The summed E-state index contributed by atoms with van der Waals surface area (Å²) in [5.74, 6) is 1.48. The molecule has 1 aromatic heterocycles. The number of piperazine rings is 1. The number of pyridine rings is 1. The molecule has 0 spiro atoms. The maximum atomic E-state index is 11.9. The van der Waals surface area contributed by atoms with Crippen LogP contribution in [0.1, 0.15) is 6.92 Å². The monoisotopic (exact) mass is 330 g/mol. The molecule has 2 rings (SSSR count). The van der Waals surface area contributed by atoms with Crippen LogP contribution in [0.15, 0.2) is 18.3 Å². The molecule has 21 heavy (non-hydrogen) atoms. The lowest BCUT2D eigenvalue weighted by Gasteiger charge is -2.29. The van der Waals surface area contributed by atoms with Crippen LogP contribution in [-0.4, -0.2) is 49.1 Å². The van der Waals surface area contributed by atoms with Crippen LogP contribution in [0, 0.1) is 5.92 Å². The summed E-state index contributed by atoms with van der Waals surface area (Å²) in [4.78, 5) is 18.5. The van der Waals surface area contributed by atoms with Crippen LogP contribution in [0.2, 0.25) is 0 Å². The summed E-state index contributed by atoms with van der Waals surface area (Å²) in [5, 5.41) is 6.19. The number of hydrogen-bond donors (Lipinski definition) is 2. The highest BCUT2D eigenvalue weighted by Gasteiger charge is 2.14. The summed E-state index contributed by atoms with van der Waals surface area (Å²) >= 11 is 1.68. The third-order valence-corrected chi connectivity index (χ3v) is 4.18. The Bertz CT molecular complexity index is 437. The topological polar surface area (TPSA) is 57.3 Å². The van der Waals surface area contributed by atoms with Gasteiger partial charge < -0.3 is 15.5 Å². The Labute approximate surface area is 136 Å². The number of amides is 1. The third kappa shape index (κ3) is 5.37. The second-order valence-electron chi connectivity index (χ2n) is 4.98. The number of nitrogens with zero attached hydrogens (tertiary/aromatic N) is 2. The highest BCUT2D eigenvalue weighted by atomic mass is 35.5. The molecule has 0 aromatic carbocycles. The average molecular weight is 331 g/mol. The van der Waals surface area contributed by atoms with Crippen LogP contribution in [0.4, 0.5) is 11.5 Å². The fraction of sp³-hybridized carbons (Fsp3) is 0.571. The van der Waals surface area contributed by atoms with E-state index in [9.17, 15) is 4.79 Å². The number of rotatable bonds is 5. The molecule has 1 saturated heterocycles. The summed E-state index contributed by atoms with van der Waals surface area (Å²) in [5.41, 5.74) is 1.11. The molecule has 5 nitrogen and oxygen atoms in total. The Morgan fingerprint density at radius 1 is 1.48 bits per heavy atom. The molecular weight excluding hydrogens is 308 g/mol. The van der Waals surface area contributed by atoms with E-state index < -0.39 is 0 Å². The van der Waals surface area contributed by atoms with Crippen LogP contribution in [0.3, 0.4) is 0 Å². The third-order valence-electron chi connectivity index (χ3n) is 3.35. The summed E-state index contributed by atoms with van der Waals surface area (Å²) in [6.07, 6.45) is 3.84. The van der Waals surface area contributed by atoms with Crippen molar-refractivity contribution in [2.24, 2.45) is 5.92 Å². The van der Waals surface area contributed by atoms with E-state index >= 15 is 0 Å². The first-order valence-corrected chi connectivity index (χ1v) is 8.31. The average Bonchev–Trinajstić information content (AvgIpc) is 2.49. The van der Waals surface area contributed by atoms with E-state index in [1.165, 1.54) is 0 Å². The molecule has 2 heterocycles. The molecule has 1 unspecified atom stereocenters. The van der Waals surface area contributed by atoms with Gasteiger partial charge in [-0.05, 0) is 18.4 Å². The van der Waals surface area contributed by atoms with Crippen LogP contribution in [0.5, 0.6) is 0 Å². The van der Waals surface area contributed by atoms with Gasteiger partial charge in [0.25, 0.3) is 0 Å². The van der Waals surface area contributed by atoms with Crippen molar-refractivity contribution in [3.63, 3.8) is 0 Å². The van der Waals surface area contributed by atoms with Crippen molar-refractivity contribution in [1.82, 2.24) is 10.3 Å². The van der Waals surface area contributed by atoms with Crippen LogP contribution in [-0.2, 0) is 4.79 Å². The molecule has 1 aliphatic heterocycles. The lowest BCUT2D eigenvalue weighted by molar-refractivity contribution is -0.118. The lowest BCUT2D eigenvalue weighted by atomic mass is 10.2. The van der Waals surface area contributed by atoms with Crippen LogP contribution >= 0.6 is 24.2 Å². The smallest absolute Gasteiger partial charge is 0.229 e. The zero-order valence-electron chi connectivity index (χ0n) is 12.5. The molecule has 0 radical (unpaired) electrons. The SMILES string of the molecule is CSCC(C)C(=O)Nc1ccc(N2CCNCC2)cn1.Cl. The van der Waals surface area contributed by atoms with Gasteiger partial charge in [0.1, 0.15) is 5.82 Å². The number of anilines is 2. The fourth-order valence-electron chi connectivity index (χ4n) is 2.15. The number of thioether (sulfide) groups is 1. The van der Waals surface area contributed by atoms with Gasteiger partial charge in [-0.1, -0.05) is 6.92 Å². The second kappa shape index (κ2) is 9.12. The van der Waals surface area contributed by atoms with Gasteiger partial charge in [-0.25, -0.2) is 4.98 Å². The number of halogens is 1. The second-order valence-corrected chi connectivity index (χ2v) is 5.90. The Balaban J connectivity index is 0.00000220. The highest BCUT2D eigenvalue weighted by molar-refractivity contribution is 7.98. The lowest BCUT2D eigenvalue weighted by Crippen LogP contribution is -2.43. The maximum Gasteiger partial charge on any atom is 0.229 e. The largest absolute Gasteiger partial charge is 0.368 e. The first-order chi connectivity index (χ1) is 9.70. The van der Waals surface area contributed by atoms with Crippen LogP contribution < -0.4 is 15.5 Å². The number of carbonyl (C=O) groups is 1. The minimum absolute atomic E-state index is 0. The number of carbonyl (C=O) groups excluding carboxylic acids is 1. The Morgan fingerprint density at radius 3 is 2.76 bits per heavy atom. The van der Waals surface area contributed by atoms with Gasteiger partial charge in [-0.3, -0.25) is 4.79 Å². The van der Waals surface area contributed by atoms with Crippen molar-refractivity contribution in [3.8, 4) is 0 Å². The van der Waals surface area contributed by atoms with Gasteiger partial charge in [0.05, 0.1) is 11.9 Å². The van der Waals surface area contributed by atoms with E-state index in [1.807, 2.05) is 31.5 Å². The zero-order chi connectivity index (χ0) is 14.4. The number of aromatic nitrogens is 1. The Kier molecular flexibility index (Phi) is 7.85. The summed E-state index contributed by atoms with van der Waals surface area (Å²) in [6.45, 7) is 5.94. The molecule has 0 aliphatic carbocycles. The van der Waals surface area contributed by atoms with E-state index in [2.05, 4.69) is 20.5 Å². The van der Waals surface area contributed by atoms with E-state index in [-0.39, 0.29) is 24.2 Å². The quantitative estimate of drug-likeness (QED) is 0.863. The first kappa shape index (κ1) is 18.1. The molecule has 2 N–H and O–H groups in total. The number of hydrogen-bond acceptors (Lipinski definition) is 5. The molecular formula is C14H23ClN4OS. The van der Waals surface area contributed by atoms with Crippen molar-refractivity contribution < 1.29 is 4.79 Å². The van der Waals surface area contributed by atoms with E-state index in [0.717, 1.165) is 37.6 Å². The molecule has 118 valence electrons. The van der Waals surface area contributed by atoms with Gasteiger partial charge in [-0.2, -0.15) is 11.8 Å². The van der Waals surface area contributed by atoms with Gasteiger partial charge in [0.15, 0.2) is 0 Å². The number of nitrogens with one attached hydrogen (secondary N) is 2. The predicted molar refractivity (Wildman–Crippen MR) is 92.7 cm³/mol. The molecule has 0 saturated carbocycles. The molecule has 1 amide bonds. The van der Waals surface area contributed by atoms with Gasteiger partial charge in [0.2, 0.25) is 5.91 Å². The summed E-state index contributed by atoms with van der Waals surface area (Å²) < 4.78 is 0. The summed E-state index contributed by atoms with van der Waals surface area (Å²) in [7, 11) is 0. The maximum absolute atomic E-state index is 11.9. The minimum atomic E-state index is -0.000328. The fourth-order valence-corrected chi connectivity index (χ4v) is 2.80. The molecule has 1 aromatic rings. The first-order valence-electron chi connectivity index (χ1n) is 6.92. The van der Waals surface area contributed by atoms with Crippen molar-refractivity contribution in [3.05, 3.63) is 18.3 Å². The normalized spacial score (nSPS) is 16.0. The minimum Gasteiger partial charge on any atom is -0.368 e. The van der Waals surface area contributed by atoms with Crippen molar-refractivity contribution in [1.29, 1.82) is 0 Å². The highest BCUT2D eigenvalue weighted by Crippen LogP contribution is 2.16. The molecule has 1 fully saturated rings. The predicted octanol–water partition coefficient (Wildman–Crippen LogP) is 1.85.